The van der Waals surface area contributed by atoms with Crippen LogP contribution in [-0.4, -0.2) is 46.1 Å². The van der Waals surface area contributed by atoms with Crippen LogP contribution in [-0.2, 0) is 0 Å². The van der Waals surface area contributed by atoms with E-state index >= 15 is 0 Å². The zero-order chi connectivity index (χ0) is 23.1. The molecule has 0 aromatic carbocycles. The highest BCUT2D eigenvalue weighted by Crippen LogP contribution is 2.30. The van der Waals surface area contributed by atoms with Gasteiger partial charge >= 0.3 is 0 Å². The molecule has 0 radical (unpaired) electrons. The molecule has 166 valence electrons. The summed E-state index contributed by atoms with van der Waals surface area (Å²) in [6.07, 6.45) is 8.91. The van der Waals surface area contributed by atoms with Crippen molar-refractivity contribution in [2.24, 2.45) is 0 Å². The van der Waals surface area contributed by atoms with Gasteiger partial charge in [-0.05, 0) is 50.2 Å². The highest BCUT2D eigenvalue weighted by molar-refractivity contribution is 5.95. The maximum absolute atomic E-state index is 4.91. The number of fused-ring (bicyclic) bond motifs is 2. The van der Waals surface area contributed by atoms with Crippen LogP contribution in [0.15, 0.2) is 67.4 Å². The third-order valence-corrected chi connectivity index (χ3v) is 5.46. The molecule has 34 heavy (non-hydrogen) atoms. The van der Waals surface area contributed by atoms with Crippen LogP contribution in [0.2, 0.25) is 0 Å². The molecule has 0 aliphatic carbocycles. The van der Waals surface area contributed by atoms with E-state index in [0.29, 0.717) is 17.6 Å². The predicted octanol–water partition coefficient (Wildman–Crippen LogP) is 4.84. The van der Waals surface area contributed by atoms with Gasteiger partial charge in [-0.3, -0.25) is 20.1 Å². The van der Waals surface area contributed by atoms with Gasteiger partial charge in [0, 0.05) is 48.2 Å². The third-order valence-electron chi connectivity index (χ3n) is 5.46. The molecule has 6 aromatic rings. The van der Waals surface area contributed by atoms with E-state index in [-0.39, 0.29) is 0 Å². The minimum absolute atomic E-state index is 0.312. The lowest BCUT2D eigenvalue weighted by atomic mass is 10.1. The number of pyridine rings is 4. The van der Waals surface area contributed by atoms with Gasteiger partial charge < -0.3 is 10.3 Å². The summed E-state index contributed by atoms with van der Waals surface area (Å²) in [4.78, 5) is 26.2. The van der Waals surface area contributed by atoms with E-state index in [1.165, 1.54) is 0 Å². The van der Waals surface area contributed by atoms with Gasteiger partial charge in [0.1, 0.15) is 11.0 Å². The van der Waals surface area contributed by atoms with Crippen molar-refractivity contribution in [3.05, 3.63) is 67.4 Å². The first-order chi connectivity index (χ1) is 16.7. The van der Waals surface area contributed by atoms with Crippen LogP contribution in [0.4, 0.5) is 5.69 Å². The summed E-state index contributed by atoms with van der Waals surface area (Å²) in [5.41, 5.74) is 8.19. The van der Waals surface area contributed by atoms with Crippen LogP contribution in [0.3, 0.4) is 0 Å². The van der Waals surface area contributed by atoms with E-state index in [0.717, 1.165) is 50.3 Å². The van der Waals surface area contributed by atoms with Crippen molar-refractivity contribution < 1.29 is 0 Å². The fraction of sp³-hybridized carbons (Fsp3) is 0.120. The average molecular weight is 448 g/mol. The van der Waals surface area contributed by atoms with Crippen molar-refractivity contribution >= 4 is 27.8 Å². The maximum Gasteiger partial charge on any atom is 0.161 e. The number of hydrogen-bond donors (Lipinski definition) is 3. The van der Waals surface area contributed by atoms with Gasteiger partial charge in [0.15, 0.2) is 11.5 Å². The zero-order valence-corrected chi connectivity index (χ0v) is 18.6. The van der Waals surface area contributed by atoms with Gasteiger partial charge in [0.25, 0.3) is 0 Å². The number of anilines is 1. The fourth-order valence-corrected chi connectivity index (χ4v) is 3.98. The van der Waals surface area contributed by atoms with Crippen molar-refractivity contribution in [3.63, 3.8) is 0 Å². The zero-order valence-electron chi connectivity index (χ0n) is 18.6. The molecule has 6 aromatic heterocycles. The van der Waals surface area contributed by atoms with Crippen LogP contribution in [0.25, 0.3) is 56.1 Å². The fourth-order valence-electron chi connectivity index (χ4n) is 3.98. The molecule has 3 N–H and O–H groups in total. The largest absolute Gasteiger partial charge is 0.382 e. The van der Waals surface area contributed by atoms with E-state index in [1.54, 1.807) is 18.6 Å². The smallest absolute Gasteiger partial charge is 0.161 e. The van der Waals surface area contributed by atoms with Crippen molar-refractivity contribution in [1.82, 2.24) is 40.1 Å². The Balaban J connectivity index is 1.45. The number of nitrogens with zero attached hydrogens (tertiary/aromatic N) is 6. The standard InChI is InChI=1S/C25H21N9/c1-14(2)29-17-10-16(12-27-13-17)18-5-6-20-23(30-18)24(34-33-20)25-31-19-7-9-28-21(22(19)32-25)15-4-3-8-26-11-15/h3-14,29H,1-2H3,(H,31,32)(H,33,34). The van der Waals surface area contributed by atoms with Crippen LogP contribution in [0.5, 0.6) is 0 Å². The molecule has 0 saturated carbocycles. The molecule has 0 unspecified atom stereocenters. The Labute approximate surface area is 194 Å². The molecule has 0 saturated heterocycles. The maximum atomic E-state index is 4.91. The molecule has 6 heterocycles. The number of aromatic nitrogens is 8. The van der Waals surface area contributed by atoms with E-state index in [1.807, 2.05) is 48.8 Å². The molecule has 9 nitrogen and oxygen atoms in total. The third kappa shape index (κ3) is 3.53. The second-order valence-electron chi connectivity index (χ2n) is 8.31. The molecule has 0 spiro atoms. The Hall–Kier alpha value is -4.66. The van der Waals surface area contributed by atoms with Crippen molar-refractivity contribution in [2.45, 2.75) is 19.9 Å². The number of nitrogens with one attached hydrogen (secondary N) is 3. The number of H-pyrrole nitrogens is 2. The van der Waals surface area contributed by atoms with Gasteiger partial charge in [-0.15, -0.1) is 0 Å². The topological polar surface area (TPSA) is 121 Å². The highest BCUT2D eigenvalue weighted by Gasteiger charge is 2.17. The summed E-state index contributed by atoms with van der Waals surface area (Å²) in [7, 11) is 0. The van der Waals surface area contributed by atoms with Crippen molar-refractivity contribution in [2.75, 3.05) is 5.32 Å². The highest BCUT2D eigenvalue weighted by atomic mass is 15.2. The normalized spacial score (nSPS) is 11.5. The summed E-state index contributed by atoms with van der Waals surface area (Å²) in [5, 5.41) is 11.0. The van der Waals surface area contributed by atoms with Crippen LogP contribution >= 0.6 is 0 Å². The predicted molar refractivity (Wildman–Crippen MR) is 132 cm³/mol. The summed E-state index contributed by atoms with van der Waals surface area (Å²) >= 11 is 0. The van der Waals surface area contributed by atoms with Crippen LogP contribution < -0.4 is 5.32 Å². The second kappa shape index (κ2) is 8.04. The number of imidazole rings is 1. The number of rotatable bonds is 5. The molecule has 0 atom stereocenters. The van der Waals surface area contributed by atoms with E-state index in [9.17, 15) is 0 Å². The molecule has 0 amide bonds. The van der Waals surface area contributed by atoms with Crippen molar-refractivity contribution in [1.29, 1.82) is 0 Å². The molecule has 0 aliphatic heterocycles. The summed E-state index contributed by atoms with van der Waals surface area (Å²) in [6, 6.07) is 12.1. The minimum atomic E-state index is 0.312. The molecular formula is C25H21N9. The molecule has 9 heteroatoms. The lowest BCUT2D eigenvalue weighted by Crippen LogP contribution is -2.09. The first-order valence-corrected chi connectivity index (χ1v) is 11.0. The van der Waals surface area contributed by atoms with Gasteiger partial charge in [-0.1, -0.05) is 0 Å². The molecular weight excluding hydrogens is 426 g/mol. The monoisotopic (exact) mass is 447 g/mol. The van der Waals surface area contributed by atoms with E-state index in [2.05, 4.69) is 49.3 Å². The van der Waals surface area contributed by atoms with E-state index in [4.69, 9.17) is 9.97 Å². The lowest BCUT2D eigenvalue weighted by molar-refractivity contribution is 0.898. The van der Waals surface area contributed by atoms with Gasteiger partial charge in [0.05, 0.1) is 28.1 Å². The Morgan fingerprint density at radius 1 is 0.824 bits per heavy atom. The van der Waals surface area contributed by atoms with Crippen molar-refractivity contribution in [3.8, 4) is 34.0 Å². The molecule has 6 rings (SSSR count). The first kappa shape index (κ1) is 20.0. The molecule has 0 bridgehead atoms. The van der Waals surface area contributed by atoms with Gasteiger partial charge in [0.2, 0.25) is 0 Å². The van der Waals surface area contributed by atoms with Crippen LogP contribution in [0.1, 0.15) is 13.8 Å². The second-order valence-corrected chi connectivity index (χ2v) is 8.31. The van der Waals surface area contributed by atoms with E-state index < -0.39 is 0 Å². The Kier molecular flexibility index (Phi) is 4.72. The summed E-state index contributed by atoms with van der Waals surface area (Å²) in [6.45, 7) is 4.19. The Bertz CT molecular complexity index is 1620. The van der Waals surface area contributed by atoms with Gasteiger partial charge in [-0.2, -0.15) is 5.10 Å². The number of hydrogen-bond acceptors (Lipinski definition) is 7. The number of aromatic amines is 2. The molecule has 0 fully saturated rings. The first-order valence-electron chi connectivity index (χ1n) is 11.0. The van der Waals surface area contributed by atoms with Crippen LogP contribution in [0, 0.1) is 0 Å². The summed E-state index contributed by atoms with van der Waals surface area (Å²) < 4.78 is 0. The minimum Gasteiger partial charge on any atom is -0.382 e. The average Bonchev–Trinajstić information content (AvgIpc) is 3.48. The Morgan fingerprint density at radius 2 is 1.71 bits per heavy atom. The van der Waals surface area contributed by atoms with Gasteiger partial charge in [-0.25, -0.2) is 9.97 Å². The quantitative estimate of drug-likeness (QED) is 0.346. The molecule has 0 aliphatic rings. The SMILES string of the molecule is CC(C)Nc1cncc(-c2ccc3[nH]nc(-c4nc5c(-c6cccnc6)nccc5[nH]4)c3n2)c1. The summed E-state index contributed by atoms with van der Waals surface area (Å²) in [5.74, 6) is 0.623. The lowest BCUT2D eigenvalue weighted by Gasteiger charge is -2.10. The Morgan fingerprint density at radius 3 is 2.56 bits per heavy atom.